The summed E-state index contributed by atoms with van der Waals surface area (Å²) < 4.78 is 10.9. The van der Waals surface area contributed by atoms with Gasteiger partial charge in [0.15, 0.2) is 0 Å². The monoisotopic (exact) mass is 411 g/mol. The van der Waals surface area contributed by atoms with Gasteiger partial charge in [0, 0.05) is 16.1 Å². The van der Waals surface area contributed by atoms with Gasteiger partial charge in [-0.25, -0.2) is 5.43 Å². The lowest BCUT2D eigenvalue weighted by atomic mass is 10.2. The van der Waals surface area contributed by atoms with Gasteiger partial charge in [0.25, 0.3) is 0 Å². The maximum Gasteiger partial charge on any atom is 0.329 e. The largest absolute Gasteiger partial charge is 0.488 e. The fraction of sp³-hybridized carbons (Fsp3) is 0.0952. The van der Waals surface area contributed by atoms with E-state index in [0.29, 0.717) is 22.1 Å². The van der Waals surface area contributed by atoms with Crippen molar-refractivity contribution in [1.82, 2.24) is 10.7 Å². The summed E-state index contributed by atoms with van der Waals surface area (Å²) in [6.07, 6.45) is 2.89. The molecule has 148 valence electrons. The number of hydrazone groups is 1. The topological polar surface area (TPSA) is 92.9 Å². The van der Waals surface area contributed by atoms with Crippen LogP contribution in [0.5, 0.6) is 5.75 Å². The van der Waals surface area contributed by atoms with E-state index in [1.54, 1.807) is 30.3 Å². The molecule has 3 aromatic rings. The fourth-order valence-corrected chi connectivity index (χ4v) is 2.55. The van der Waals surface area contributed by atoms with Gasteiger partial charge >= 0.3 is 11.8 Å². The van der Waals surface area contributed by atoms with Crippen molar-refractivity contribution in [2.45, 2.75) is 13.2 Å². The van der Waals surface area contributed by atoms with Crippen molar-refractivity contribution in [2.24, 2.45) is 5.10 Å². The first-order valence-corrected chi connectivity index (χ1v) is 9.10. The molecule has 0 aliphatic heterocycles. The smallest absolute Gasteiger partial charge is 0.329 e. The molecule has 0 bridgehead atoms. The number of nitrogens with zero attached hydrogens (tertiary/aromatic N) is 1. The zero-order valence-electron chi connectivity index (χ0n) is 15.3. The summed E-state index contributed by atoms with van der Waals surface area (Å²) >= 11 is 6.14. The van der Waals surface area contributed by atoms with E-state index in [4.69, 9.17) is 20.8 Å². The van der Waals surface area contributed by atoms with Crippen LogP contribution in [0.2, 0.25) is 5.02 Å². The van der Waals surface area contributed by atoms with Crippen LogP contribution in [0.1, 0.15) is 16.9 Å². The summed E-state index contributed by atoms with van der Waals surface area (Å²) in [5.74, 6) is -0.601. The second-order valence-corrected chi connectivity index (χ2v) is 6.29. The van der Waals surface area contributed by atoms with E-state index in [-0.39, 0.29) is 13.2 Å². The third kappa shape index (κ3) is 5.95. The standard InChI is InChI=1S/C21H18ClN3O4/c22-18-9-3-1-7-16(18)14-29-19-10-4-2-6-15(19)12-24-25-21(27)20(26)23-13-17-8-5-11-28-17/h1-12H,13-14H2,(H,23,26)(H,25,27). The molecular weight excluding hydrogens is 394 g/mol. The molecule has 1 aromatic heterocycles. The number of ether oxygens (including phenoxy) is 1. The van der Waals surface area contributed by atoms with Crippen LogP contribution in [0.15, 0.2) is 76.4 Å². The molecular formula is C21H18ClN3O4. The molecule has 8 heteroatoms. The summed E-state index contributed by atoms with van der Waals surface area (Å²) in [4.78, 5) is 23.6. The number of para-hydroxylation sites is 1. The first-order chi connectivity index (χ1) is 14.1. The number of carbonyl (C=O) groups is 2. The minimum absolute atomic E-state index is 0.113. The molecule has 0 spiro atoms. The second-order valence-electron chi connectivity index (χ2n) is 5.88. The average molecular weight is 412 g/mol. The quantitative estimate of drug-likeness (QED) is 0.354. The van der Waals surface area contributed by atoms with Crippen LogP contribution in [0.25, 0.3) is 0 Å². The third-order valence-electron chi connectivity index (χ3n) is 3.84. The number of halogens is 1. The van der Waals surface area contributed by atoms with E-state index >= 15 is 0 Å². The molecule has 7 nitrogen and oxygen atoms in total. The van der Waals surface area contributed by atoms with Crippen LogP contribution in [0.4, 0.5) is 0 Å². The predicted octanol–water partition coefficient (Wildman–Crippen LogP) is 3.28. The number of carbonyl (C=O) groups excluding carboxylic acids is 2. The number of amides is 2. The highest BCUT2D eigenvalue weighted by atomic mass is 35.5. The number of nitrogens with one attached hydrogen (secondary N) is 2. The van der Waals surface area contributed by atoms with Crippen molar-refractivity contribution in [1.29, 1.82) is 0 Å². The van der Waals surface area contributed by atoms with Crippen LogP contribution in [-0.4, -0.2) is 18.0 Å². The number of furan rings is 1. The minimum Gasteiger partial charge on any atom is -0.488 e. The number of benzene rings is 2. The Hall–Kier alpha value is -3.58. The van der Waals surface area contributed by atoms with E-state index in [1.165, 1.54) is 12.5 Å². The van der Waals surface area contributed by atoms with Crippen molar-refractivity contribution < 1.29 is 18.7 Å². The maximum absolute atomic E-state index is 11.8. The van der Waals surface area contributed by atoms with Gasteiger partial charge in [-0.15, -0.1) is 0 Å². The number of hydrogen-bond acceptors (Lipinski definition) is 5. The molecule has 2 N–H and O–H groups in total. The first kappa shape index (κ1) is 20.2. The normalized spacial score (nSPS) is 10.7. The van der Waals surface area contributed by atoms with Crippen molar-refractivity contribution in [3.63, 3.8) is 0 Å². The van der Waals surface area contributed by atoms with Gasteiger partial charge < -0.3 is 14.5 Å². The molecule has 0 atom stereocenters. The summed E-state index contributed by atoms with van der Waals surface area (Å²) in [6, 6.07) is 17.9. The van der Waals surface area contributed by atoms with E-state index in [1.807, 2.05) is 30.3 Å². The van der Waals surface area contributed by atoms with E-state index < -0.39 is 11.8 Å². The molecule has 0 saturated heterocycles. The van der Waals surface area contributed by atoms with Crippen LogP contribution >= 0.6 is 11.6 Å². The Bertz CT molecular complexity index is 1000. The van der Waals surface area contributed by atoms with Crippen molar-refractivity contribution in [3.8, 4) is 5.75 Å². The molecule has 0 radical (unpaired) electrons. The molecule has 3 rings (SSSR count). The summed E-state index contributed by atoms with van der Waals surface area (Å²) in [7, 11) is 0. The third-order valence-corrected chi connectivity index (χ3v) is 4.21. The lowest BCUT2D eigenvalue weighted by molar-refractivity contribution is -0.139. The Kier molecular flexibility index (Phi) is 7.02. The molecule has 29 heavy (non-hydrogen) atoms. The van der Waals surface area contributed by atoms with Gasteiger partial charge in [-0.05, 0) is 30.3 Å². The molecule has 1 heterocycles. The van der Waals surface area contributed by atoms with Gasteiger partial charge in [0.2, 0.25) is 0 Å². The maximum atomic E-state index is 11.8. The molecule has 0 saturated carbocycles. The lowest BCUT2D eigenvalue weighted by Gasteiger charge is -2.10. The van der Waals surface area contributed by atoms with Gasteiger partial charge in [0.1, 0.15) is 18.1 Å². The fourth-order valence-electron chi connectivity index (χ4n) is 2.36. The minimum atomic E-state index is -0.887. The highest BCUT2D eigenvalue weighted by Gasteiger charge is 2.12. The van der Waals surface area contributed by atoms with Crippen LogP contribution < -0.4 is 15.5 Å². The highest BCUT2D eigenvalue weighted by Crippen LogP contribution is 2.20. The van der Waals surface area contributed by atoms with Crippen LogP contribution in [0.3, 0.4) is 0 Å². The Morgan fingerprint density at radius 2 is 1.83 bits per heavy atom. The first-order valence-electron chi connectivity index (χ1n) is 8.72. The Morgan fingerprint density at radius 3 is 2.62 bits per heavy atom. The second kappa shape index (κ2) is 10.1. The van der Waals surface area contributed by atoms with E-state index in [0.717, 1.165) is 5.56 Å². The van der Waals surface area contributed by atoms with Crippen molar-refractivity contribution in [2.75, 3.05) is 0 Å². The molecule has 2 amide bonds. The van der Waals surface area contributed by atoms with Gasteiger partial charge in [-0.3, -0.25) is 9.59 Å². The van der Waals surface area contributed by atoms with Gasteiger partial charge in [-0.1, -0.05) is 41.9 Å². The lowest BCUT2D eigenvalue weighted by Crippen LogP contribution is -2.37. The van der Waals surface area contributed by atoms with Crippen LogP contribution in [-0.2, 0) is 22.7 Å². The number of hydrogen-bond donors (Lipinski definition) is 2. The molecule has 2 aromatic carbocycles. The SMILES string of the molecule is O=C(NCc1ccco1)C(=O)NN=Cc1ccccc1OCc1ccccc1Cl. The van der Waals surface area contributed by atoms with Gasteiger partial charge in [-0.2, -0.15) is 5.10 Å². The molecule has 0 aliphatic rings. The van der Waals surface area contributed by atoms with Crippen molar-refractivity contribution in [3.05, 3.63) is 88.8 Å². The molecule has 0 unspecified atom stereocenters. The average Bonchev–Trinajstić information content (AvgIpc) is 3.26. The van der Waals surface area contributed by atoms with Gasteiger partial charge in [0.05, 0.1) is 19.0 Å². The highest BCUT2D eigenvalue weighted by molar-refractivity contribution is 6.35. The summed E-state index contributed by atoms with van der Waals surface area (Å²) in [5.41, 5.74) is 3.67. The molecule has 0 aliphatic carbocycles. The predicted molar refractivity (Wildman–Crippen MR) is 109 cm³/mol. The van der Waals surface area contributed by atoms with Crippen molar-refractivity contribution >= 4 is 29.6 Å². The van der Waals surface area contributed by atoms with E-state index in [2.05, 4.69) is 15.8 Å². The zero-order chi connectivity index (χ0) is 20.5. The van der Waals surface area contributed by atoms with E-state index in [9.17, 15) is 9.59 Å². The van der Waals surface area contributed by atoms with Crippen LogP contribution in [0, 0.1) is 0 Å². The Labute approximate surface area is 172 Å². The molecule has 0 fully saturated rings. The summed E-state index contributed by atoms with van der Waals surface area (Å²) in [6.45, 7) is 0.397. The summed E-state index contributed by atoms with van der Waals surface area (Å²) in [5, 5.41) is 6.88. The number of rotatable bonds is 7. The Balaban J connectivity index is 1.54. The Morgan fingerprint density at radius 1 is 1.03 bits per heavy atom. The zero-order valence-corrected chi connectivity index (χ0v) is 16.1.